The lowest BCUT2D eigenvalue weighted by Crippen LogP contribution is -2.43. The number of carboxylic acid groups (broad SMARTS) is 1. The van der Waals surface area contributed by atoms with Gasteiger partial charge in [0.2, 0.25) is 0 Å². The summed E-state index contributed by atoms with van der Waals surface area (Å²) in [4.78, 5) is 25.1. The molecule has 1 N–H and O–H groups in total. The van der Waals surface area contributed by atoms with E-state index in [-0.39, 0.29) is 11.5 Å². The normalized spacial score (nSPS) is 16.4. The van der Waals surface area contributed by atoms with Crippen molar-refractivity contribution in [2.24, 2.45) is 0 Å². The van der Waals surface area contributed by atoms with E-state index in [4.69, 9.17) is 9.84 Å². The van der Waals surface area contributed by atoms with Gasteiger partial charge in [0.25, 0.3) is 5.91 Å². The summed E-state index contributed by atoms with van der Waals surface area (Å²) in [5, 5.41) is 9.02. The maximum atomic E-state index is 12.3. The van der Waals surface area contributed by atoms with Crippen LogP contribution in [0, 0.1) is 6.92 Å². The zero-order valence-electron chi connectivity index (χ0n) is 12.5. The van der Waals surface area contributed by atoms with E-state index >= 15 is 0 Å². The Morgan fingerprint density at radius 2 is 1.90 bits per heavy atom. The third kappa shape index (κ3) is 3.74. The van der Waals surface area contributed by atoms with Crippen molar-refractivity contribution >= 4 is 11.9 Å². The summed E-state index contributed by atoms with van der Waals surface area (Å²) in [6.45, 7) is 5.10. The fourth-order valence-corrected chi connectivity index (χ4v) is 2.47. The highest BCUT2D eigenvalue weighted by Gasteiger charge is 2.24. The first kappa shape index (κ1) is 15.4. The van der Waals surface area contributed by atoms with Gasteiger partial charge in [-0.15, -0.1) is 0 Å². The average Bonchev–Trinajstić information content (AvgIpc) is 2.49. The lowest BCUT2D eigenvalue weighted by molar-refractivity contribution is -0.138. The third-order valence-electron chi connectivity index (χ3n) is 3.75. The molecule has 5 nitrogen and oxygen atoms in total. The smallest absolute Gasteiger partial charge is 0.335 e. The molecule has 21 heavy (non-hydrogen) atoms. The number of rotatable bonds is 4. The highest BCUT2D eigenvalue weighted by molar-refractivity contribution is 5.88. The molecule has 1 saturated heterocycles. The van der Waals surface area contributed by atoms with Crippen LogP contribution in [0.4, 0.5) is 0 Å². The Hall–Kier alpha value is -2.04. The van der Waals surface area contributed by atoms with Crippen LogP contribution in [0.25, 0.3) is 0 Å². The van der Waals surface area contributed by atoms with E-state index < -0.39 is 12.1 Å². The fraction of sp³-hybridized carbons (Fsp3) is 0.500. The van der Waals surface area contributed by atoms with Crippen LogP contribution in [0.2, 0.25) is 0 Å². The number of benzene rings is 1. The van der Waals surface area contributed by atoms with Crippen molar-refractivity contribution < 1.29 is 19.4 Å². The number of carbonyl (C=O) groups is 2. The second-order valence-electron chi connectivity index (χ2n) is 5.43. The van der Waals surface area contributed by atoms with Crippen LogP contribution in [0.15, 0.2) is 18.2 Å². The van der Waals surface area contributed by atoms with Crippen molar-refractivity contribution in [1.29, 1.82) is 0 Å². The SMILES string of the molecule is Cc1ccc(C(=O)O)cc1OC(C)C(=O)N1CCCCC1. The Kier molecular flexibility index (Phi) is 4.83. The highest BCUT2D eigenvalue weighted by Crippen LogP contribution is 2.22. The lowest BCUT2D eigenvalue weighted by Gasteiger charge is -2.29. The third-order valence-corrected chi connectivity index (χ3v) is 3.75. The van der Waals surface area contributed by atoms with Gasteiger partial charge in [0.05, 0.1) is 5.56 Å². The number of carboxylic acids is 1. The summed E-state index contributed by atoms with van der Waals surface area (Å²) in [5.41, 5.74) is 0.978. The van der Waals surface area contributed by atoms with E-state index in [1.165, 1.54) is 18.6 Å². The summed E-state index contributed by atoms with van der Waals surface area (Å²) >= 11 is 0. The molecule has 0 bridgehead atoms. The van der Waals surface area contributed by atoms with Crippen LogP contribution in [0.5, 0.6) is 5.75 Å². The van der Waals surface area contributed by atoms with Crippen molar-refractivity contribution in [2.45, 2.75) is 39.2 Å². The molecule has 0 saturated carbocycles. The van der Waals surface area contributed by atoms with Crippen molar-refractivity contribution in [1.82, 2.24) is 4.90 Å². The van der Waals surface area contributed by atoms with Gasteiger partial charge in [-0.25, -0.2) is 4.79 Å². The Morgan fingerprint density at radius 1 is 1.24 bits per heavy atom. The molecule has 1 unspecified atom stereocenters. The molecule has 1 fully saturated rings. The summed E-state index contributed by atoms with van der Waals surface area (Å²) < 4.78 is 5.70. The van der Waals surface area contributed by atoms with E-state index in [9.17, 15) is 9.59 Å². The molecule has 1 amide bonds. The molecule has 0 spiro atoms. The number of amides is 1. The van der Waals surface area contributed by atoms with Crippen molar-refractivity contribution in [3.05, 3.63) is 29.3 Å². The monoisotopic (exact) mass is 291 g/mol. The molecule has 1 atom stereocenters. The van der Waals surface area contributed by atoms with Crippen molar-refractivity contribution in [3.63, 3.8) is 0 Å². The van der Waals surface area contributed by atoms with Crippen LogP contribution >= 0.6 is 0 Å². The van der Waals surface area contributed by atoms with Gasteiger partial charge in [-0.1, -0.05) is 6.07 Å². The summed E-state index contributed by atoms with van der Waals surface area (Å²) in [5.74, 6) is -0.586. The molecule has 0 aromatic heterocycles. The number of carbonyl (C=O) groups excluding carboxylic acids is 1. The first-order valence-corrected chi connectivity index (χ1v) is 7.28. The van der Waals surface area contributed by atoms with Gasteiger partial charge < -0.3 is 14.7 Å². The van der Waals surface area contributed by atoms with Crippen molar-refractivity contribution in [3.8, 4) is 5.75 Å². The van der Waals surface area contributed by atoms with Gasteiger partial charge in [-0.2, -0.15) is 0 Å². The number of ether oxygens (including phenoxy) is 1. The standard InChI is InChI=1S/C16H21NO4/c1-11-6-7-13(16(19)20)10-14(11)21-12(2)15(18)17-8-4-3-5-9-17/h6-7,10,12H,3-5,8-9H2,1-2H3,(H,19,20). The maximum absolute atomic E-state index is 12.3. The van der Waals surface area contributed by atoms with Gasteiger partial charge in [0.1, 0.15) is 5.75 Å². The van der Waals surface area contributed by atoms with Crippen molar-refractivity contribution in [2.75, 3.05) is 13.1 Å². The van der Waals surface area contributed by atoms with E-state index in [1.54, 1.807) is 13.0 Å². The van der Waals surface area contributed by atoms with E-state index in [1.807, 2.05) is 11.8 Å². The molecular weight excluding hydrogens is 270 g/mol. The number of hydrogen-bond acceptors (Lipinski definition) is 3. The number of aromatic carboxylic acids is 1. The minimum atomic E-state index is -1.00. The number of aryl methyl sites for hydroxylation is 1. The molecule has 0 radical (unpaired) electrons. The molecule has 5 heteroatoms. The molecule has 1 heterocycles. The van der Waals surface area contributed by atoms with Gasteiger partial charge in [0, 0.05) is 13.1 Å². The van der Waals surface area contributed by atoms with Gasteiger partial charge in [-0.3, -0.25) is 4.79 Å². The topological polar surface area (TPSA) is 66.8 Å². The van der Waals surface area contributed by atoms with Gasteiger partial charge in [0.15, 0.2) is 6.10 Å². The number of piperidine rings is 1. The minimum Gasteiger partial charge on any atom is -0.481 e. The molecule has 2 rings (SSSR count). The van der Waals surface area contributed by atoms with E-state index in [2.05, 4.69) is 0 Å². The second-order valence-corrected chi connectivity index (χ2v) is 5.43. The number of likely N-dealkylation sites (tertiary alicyclic amines) is 1. The summed E-state index contributed by atoms with van der Waals surface area (Å²) in [6, 6.07) is 4.69. The van der Waals surface area contributed by atoms with Crippen LogP contribution in [-0.4, -0.2) is 41.1 Å². The average molecular weight is 291 g/mol. The van der Waals surface area contributed by atoms with Gasteiger partial charge in [-0.05, 0) is 50.8 Å². The number of nitrogens with zero attached hydrogens (tertiary/aromatic N) is 1. The van der Waals surface area contributed by atoms with Gasteiger partial charge >= 0.3 is 5.97 Å². The van der Waals surface area contributed by atoms with Crippen LogP contribution < -0.4 is 4.74 Å². The molecule has 114 valence electrons. The predicted molar refractivity (Wildman–Crippen MR) is 78.7 cm³/mol. The fourth-order valence-electron chi connectivity index (χ4n) is 2.47. The first-order chi connectivity index (χ1) is 9.99. The maximum Gasteiger partial charge on any atom is 0.335 e. The second kappa shape index (κ2) is 6.61. The van der Waals surface area contributed by atoms with E-state index in [0.717, 1.165) is 31.5 Å². The van der Waals surface area contributed by atoms with Crippen LogP contribution in [0.3, 0.4) is 0 Å². The lowest BCUT2D eigenvalue weighted by atomic mass is 10.1. The molecule has 1 aliphatic heterocycles. The quantitative estimate of drug-likeness (QED) is 0.925. The summed E-state index contributed by atoms with van der Waals surface area (Å²) in [7, 11) is 0. The molecule has 0 aliphatic carbocycles. The number of hydrogen-bond donors (Lipinski definition) is 1. The highest BCUT2D eigenvalue weighted by atomic mass is 16.5. The van der Waals surface area contributed by atoms with E-state index in [0.29, 0.717) is 5.75 Å². The Bertz CT molecular complexity index is 535. The molecular formula is C16H21NO4. The molecule has 1 aromatic rings. The van der Waals surface area contributed by atoms with Crippen LogP contribution in [0.1, 0.15) is 42.1 Å². The Morgan fingerprint density at radius 3 is 2.52 bits per heavy atom. The van der Waals surface area contributed by atoms with Crippen LogP contribution in [-0.2, 0) is 4.79 Å². The first-order valence-electron chi connectivity index (χ1n) is 7.28. The minimum absolute atomic E-state index is 0.0326. The largest absolute Gasteiger partial charge is 0.481 e. The Balaban J connectivity index is 2.07. The predicted octanol–water partition coefficient (Wildman–Crippen LogP) is 2.47. The zero-order chi connectivity index (χ0) is 15.4. The zero-order valence-corrected chi connectivity index (χ0v) is 12.5. The summed E-state index contributed by atoms with van der Waals surface area (Å²) in [6.07, 6.45) is 2.63. The molecule has 1 aromatic carbocycles. The Labute approximate surface area is 124 Å². The molecule has 1 aliphatic rings.